The highest BCUT2D eigenvalue weighted by molar-refractivity contribution is 5.71. The Balaban J connectivity index is 0. The van der Waals surface area contributed by atoms with Gasteiger partial charge >= 0.3 is 5.97 Å². The Bertz CT molecular complexity index is 101. The quantitative estimate of drug-likeness (QED) is 0.662. The molecule has 0 fully saturated rings. The summed E-state index contributed by atoms with van der Waals surface area (Å²) in [6.45, 7) is 7.95. The van der Waals surface area contributed by atoms with Crippen LogP contribution in [0.5, 0.6) is 0 Å². The molecular weight excluding hydrogens is 154 g/mol. The van der Waals surface area contributed by atoms with Gasteiger partial charge in [-0.15, -0.1) is 0 Å². The van der Waals surface area contributed by atoms with Crippen LogP contribution >= 0.6 is 0 Å². The molecule has 3 nitrogen and oxygen atoms in total. The Hall–Kier alpha value is -0.570. The third-order valence-corrected chi connectivity index (χ3v) is 1.38. The van der Waals surface area contributed by atoms with Gasteiger partial charge in [0, 0.05) is 0 Å². The van der Waals surface area contributed by atoms with Crippen LogP contribution in [-0.2, 0) is 9.53 Å². The van der Waals surface area contributed by atoms with Crippen molar-refractivity contribution in [3.05, 3.63) is 0 Å². The second kappa shape index (κ2) is 10.4. The minimum absolute atomic E-state index is 0.0174. The van der Waals surface area contributed by atoms with E-state index in [1.54, 1.807) is 0 Å². The predicted molar refractivity (Wildman–Crippen MR) is 50.9 cm³/mol. The van der Waals surface area contributed by atoms with Crippen molar-refractivity contribution in [2.45, 2.75) is 46.6 Å². The second-order valence-corrected chi connectivity index (χ2v) is 2.13. The van der Waals surface area contributed by atoms with Crippen molar-refractivity contribution in [1.82, 2.24) is 0 Å². The van der Waals surface area contributed by atoms with Crippen LogP contribution in [0.1, 0.15) is 40.5 Å². The van der Waals surface area contributed by atoms with Crippen LogP contribution in [0.15, 0.2) is 0 Å². The van der Waals surface area contributed by atoms with E-state index in [4.69, 9.17) is 10.5 Å². The molecule has 0 saturated carbocycles. The lowest BCUT2D eigenvalue weighted by molar-refractivity contribution is -0.147. The molecule has 3 heteroatoms. The van der Waals surface area contributed by atoms with Crippen molar-refractivity contribution in [3.8, 4) is 0 Å². The van der Waals surface area contributed by atoms with Crippen molar-refractivity contribution < 1.29 is 9.53 Å². The van der Waals surface area contributed by atoms with Crippen molar-refractivity contribution in [2.24, 2.45) is 5.73 Å². The van der Waals surface area contributed by atoms with Gasteiger partial charge in [-0.3, -0.25) is 4.79 Å². The molecular formula is C9H21NO2. The van der Waals surface area contributed by atoms with Gasteiger partial charge in [-0.2, -0.15) is 0 Å². The fraction of sp³-hybridized carbons (Fsp3) is 0.889. The zero-order chi connectivity index (χ0) is 9.98. The average molecular weight is 175 g/mol. The van der Waals surface area contributed by atoms with Crippen molar-refractivity contribution >= 4 is 5.97 Å². The highest BCUT2D eigenvalue weighted by Gasteiger charge is 2.07. The molecule has 0 aliphatic rings. The molecule has 74 valence electrons. The highest BCUT2D eigenvalue weighted by atomic mass is 16.5. The molecule has 0 unspecified atom stereocenters. The summed E-state index contributed by atoms with van der Waals surface area (Å²) in [7, 11) is 0. The molecule has 0 rings (SSSR count). The zero-order valence-electron chi connectivity index (χ0n) is 8.59. The summed E-state index contributed by atoms with van der Waals surface area (Å²) >= 11 is 0. The predicted octanol–water partition coefficient (Wildman–Crippen LogP) is 1.70. The van der Waals surface area contributed by atoms with Crippen molar-refractivity contribution in [2.75, 3.05) is 6.54 Å². The van der Waals surface area contributed by atoms with Crippen molar-refractivity contribution in [1.29, 1.82) is 0 Å². The van der Waals surface area contributed by atoms with Gasteiger partial charge in [0.1, 0.15) is 6.10 Å². The third-order valence-electron chi connectivity index (χ3n) is 1.38. The maximum absolute atomic E-state index is 10.6. The summed E-state index contributed by atoms with van der Waals surface area (Å²) in [6.07, 6.45) is 1.78. The zero-order valence-corrected chi connectivity index (χ0v) is 8.59. The van der Waals surface area contributed by atoms with Crippen LogP contribution in [-0.4, -0.2) is 18.6 Å². The van der Waals surface area contributed by atoms with Crippen LogP contribution < -0.4 is 5.73 Å². The molecule has 0 bridgehead atoms. The second-order valence-electron chi connectivity index (χ2n) is 2.13. The third kappa shape index (κ3) is 7.54. The van der Waals surface area contributed by atoms with E-state index in [2.05, 4.69) is 0 Å². The average Bonchev–Trinajstić information content (AvgIpc) is 2.16. The van der Waals surface area contributed by atoms with E-state index in [-0.39, 0.29) is 18.6 Å². The van der Waals surface area contributed by atoms with Gasteiger partial charge in [-0.1, -0.05) is 27.7 Å². The number of ether oxygens (including phenoxy) is 1. The van der Waals surface area contributed by atoms with Gasteiger partial charge in [-0.25, -0.2) is 0 Å². The van der Waals surface area contributed by atoms with E-state index < -0.39 is 0 Å². The van der Waals surface area contributed by atoms with E-state index >= 15 is 0 Å². The topological polar surface area (TPSA) is 52.3 Å². The molecule has 0 aromatic heterocycles. The molecule has 0 saturated heterocycles. The van der Waals surface area contributed by atoms with E-state index in [9.17, 15) is 4.79 Å². The summed E-state index contributed by atoms with van der Waals surface area (Å²) < 4.78 is 4.93. The van der Waals surface area contributed by atoms with E-state index in [0.717, 1.165) is 12.8 Å². The molecule has 0 heterocycles. The molecule has 0 aromatic rings. The Morgan fingerprint density at radius 1 is 1.33 bits per heavy atom. The van der Waals surface area contributed by atoms with Crippen LogP contribution in [0.2, 0.25) is 0 Å². The lowest BCUT2D eigenvalue weighted by atomic mass is 10.2. The Kier molecular flexibility index (Phi) is 12.2. The Morgan fingerprint density at radius 3 is 2.00 bits per heavy atom. The highest BCUT2D eigenvalue weighted by Crippen LogP contribution is 2.01. The van der Waals surface area contributed by atoms with Crippen molar-refractivity contribution in [3.63, 3.8) is 0 Å². The van der Waals surface area contributed by atoms with Crippen LogP contribution in [0.25, 0.3) is 0 Å². The first-order chi connectivity index (χ1) is 5.74. The molecule has 0 aromatic carbocycles. The van der Waals surface area contributed by atoms with Gasteiger partial charge < -0.3 is 10.5 Å². The minimum Gasteiger partial charge on any atom is -0.461 e. The lowest BCUT2D eigenvalue weighted by Gasteiger charge is -2.12. The van der Waals surface area contributed by atoms with Gasteiger partial charge in [0.25, 0.3) is 0 Å². The lowest BCUT2D eigenvalue weighted by Crippen LogP contribution is -2.22. The first kappa shape index (κ1) is 14.0. The largest absolute Gasteiger partial charge is 0.461 e. The van der Waals surface area contributed by atoms with E-state index in [0.29, 0.717) is 0 Å². The number of carbonyl (C=O) groups excluding carboxylic acids is 1. The first-order valence-corrected chi connectivity index (χ1v) is 4.64. The van der Waals surface area contributed by atoms with Crippen LogP contribution in [0, 0.1) is 0 Å². The number of nitrogens with two attached hydrogens (primary N) is 1. The molecule has 0 spiro atoms. The van der Waals surface area contributed by atoms with Gasteiger partial charge in [0.05, 0.1) is 6.54 Å². The van der Waals surface area contributed by atoms with Crippen LogP contribution in [0.3, 0.4) is 0 Å². The number of carbonyl (C=O) groups is 1. The minimum atomic E-state index is -0.311. The summed E-state index contributed by atoms with van der Waals surface area (Å²) in [5, 5.41) is 0. The molecule has 2 N–H and O–H groups in total. The molecule has 0 aliphatic carbocycles. The molecule has 0 amide bonds. The summed E-state index contributed by atoms with van der Waals surface area (Å²) in [6, 6.07) is 0. The van der Waals surface area contributed by atoms with Gasteiger partial charge in [0.2, 0.25) is 0 Å². The Labute approximate surface area is 75.3 Å². The van der Waals surface area contributed by atoms with E-state index in [1.807, 2.05) is 27.7 Å². The van der Waals surface area contributed by atoms with Crippen LogP contribution in [0.4, 0.5) is 0 Å². The van der Waals surface area contributed by atoms with Gasteiger partial charge in [-0.05, 0) is 12.8 Å². The first-order valence-electron chi connectivity index (χ1n) is 4.64. The Morgan fingerprint density at radius 2 is 1.75 bits per heavy atom. The fourth-order valence-electron chi connectivity index (χ4n) is 0.689. The fourth-order valence-corrected chi connectivity index (χ4v) is 0.689. The molecule has 0 radical (unpaired) electrons. The maximum atomic E-state index is 10.6. The van der Waals surface area contributed by atoms with E-state index in [1.165, 1.54) is 0 Å². The molecule has 0 atom stereocenters. The SMILES string of the molecule is CC.CCC(CC)OC(=O)CN. The number of hydrogen-bond donors (Lipinski definition) is 1. The smallest absolute Gasteiger partial charge is 0.319 e. The monoisotopic (exact) mass is 175 g/mol. The van der Waals surface area contributed by atoms with Gasteiger partial charge in [0.15, 0.2) is 0 Å². The number of esters is 1. The summed E-state index contributed by atoms with van der Waals surface area (Å²) in [5.41, 5.74) is 5.06. The normalized spacial score (nSPS) is 8.83. The summed E-state index contributed by atoms with van der Waals surface area (Å²) in [5.74, 6) is -0.311. The molecule has 0 aliphatic heterocycles. The summed E-state index contributed by atoms with van der Waals surface area (Å²) in [4.78, 5) is 10.6. The standard InChI is InChI=1S/C7H15NO2.C2H6/c1-3-6(4-2)10-7(9)5-8;1-2/h6H,3-5,8H2,1-2H3;1-2H3. The molecule has 12 heavy (non-hydrogen) atoms. The maximum Gasteiger partial charge on any atom is 0.319 e. The number of hydrogen-bond acceptors (Lipinski definition) is 3. The number of rotatable bonds is 4.